The van der Waals surface area contributed by atoms with E-state index in [-0.39, 0.29) is 23.3 Å². The van der Waals surface area contributed by atoms with Crippen LogP contribution < -0.4 is 4.74 Å². The molecule has 0 unspecified atom stereocenters. The quantitative estimate of drug-likeness (QED) is 0.870. The molecule has 0 aliphatic rings. The molecule has 0 saturated carbocycles. The molecule has 1 heterocycles. The van der Waals surface area contributed by atoms with Gasteiger partial charge in [0.1, 0.15) is 17.9 Å². The molecule has 2 aromatic rings. The summed E-state index contributed by atoms with van der Waals surface area (Å²) in [5.74, 6) is -0.0972. The molecular formula is C16H18FN3O2. The van der Waals surface area contributed by atoms with Crippen molar-refractivity contribution < 1.29 is 13.9 Å². The lowest BCUT2D eigenvalue weighted by Crippen LogP contribution is -2.33. The van der Waals surface area contributed by atoms with Gasteiger partial charge in [0.25, 0.3) is 5.91 Å². The highest BCUT2D eigenvalue weighted by atomic mass is 19.1. The number of aromatic nitrogens is 2. The largest absolute Gasteiger partial charge is 0.453 e. The Morgan fingerprint density at radius 2 is 2.05 bits per heavy atom. The minimum Gasteiger partial charge on any atom is -0.453 e. The molecule has 1 aromatic heterocycles. The minimum atomic E-state index is -0.492. The first-order valence-corrected chi connectivity index (χ1v) is 6.91. The highest BCUT2D eigenvalue weighted by molar-refractivity contribution is 5.97. The smallest absolute Gasteiger partial charge is 0.257 e. The number of ether oxygens (including phenoxy) is 1. The van der Waals surface area contributed by atoms with Crippen LogP contribution in [0.25, 0.3) is 0 Å². The molecule has 0 atom stereocenters. The van der Waals surface area contributed by atoms with Crippen LogP contribution in [0.1, 0.15) is 29.9 Å². The summed E-state index contributed by atoms with van der Waals surface area (Å²) < 4.78 is 19.2. The van der Waals surface area contributed by atoms with Crippen LogP contribution in [0.3, 0.4) is 0 Å². The molecule has 0 aliphatic carbocycles. The summed E-state index contributed by atoms with van der Waals surface area (Å²) in [6, 6.07) is 3.85. The molecule has 0 radical (unpaired) electrons. The highest BCUT2D eigenvalue weighted by Gasteiger charge is 2.20. The van der Waals surface area contributed by atoms with Crippen molar-refractivity contribution in [3.05, 3.63) is 47.8 Å². The lowest BCUT2D eigenvalue weighted by atomic mass is 10.1. The van der Waals surface area contributed by atoms with Crippen LogP contribution in [-0.2, 0) is 0 Å². The van der Waals surface area contributed by atoms with E-state index in [1.807, 2.05) is 13.8 Å². The summed E-state index contributed by atoms with van der Waals surface area (Å²) in [6.45, 7) is 5.53. The second-order valence-corrected chi connectivity index (χ2v) is 5.22. The lowest BCUT2D eigenvalue weighted by Gasteiger charge is -2.22. The van der Waals surface area contributed by atoms with Gasteiger partial charge in [-0.25, -0.2) is 14.4 Å². The molecule has 1 amide bonds. The topological polar surface area (TPSA) is 55.3 Å². The zero-order valence-electron chi connectivity index (χ0n) is 13.0. The number of amides is 1. The van der Waals surface area contributed by atoms with Crippen molar-refractivity contribution in [3.63, 3.8) is 0 Å². The average molecular weight is 303 g/mol. The number of aryl methyl sites for hydroxylation is 1. The normalized spacial score (nSPS) is 10.6. The van der Waals surface area contributed by atoms with E-state index in [2.05, 4.69) is 9.97 Å². The number of nitrogens with zero attached hydrogens (tertiary/aromatic N) is 3. The Kier molecular flexibility index (Phi) is 4.70. The van der Waals surface area contributed by atoms with E-state index < -0.39 is 5.82 Å². The third kappa shape index (κ3) is 3.39. The van der Waals surface area contributed by atoms with E-state index in [1.165, 1.54) is 35.6 Å². The fourth-order valence-corrected chi connectivity index (χ4v) is 1.78. The fourth-order valence-electron chi connectivity index (χ4n) is 1.78. The molecule has 0 N–H and O–H groups in total. The number of benzene rings is 1. The monoisotopic (exact) mass is 303 g/mol. The van der Waals surface area contributed by atoms with Gasteiger partial charge in [0, 0.05) is 13.1 Å². The second kappa shape index (κ2) is 6.51. The van der Waals surface area contributed by atoms with Crippen molar-refractivity contribution in [2.45, 2.75) is 26.8 Å². The number of carbonyl (C=O) groups excluding carboxylic acids is 1. The Morgan fingerprint density at radius 1 is 1.32 bits per heavy atom. The predicted molar refractivity (Wildman–Crippen MR) is 80.5 cm³/mol. The Morgan fingerprint density at radius 3 is 2.68 bits per heavy atom. The average Bonchev–Trinajstić information content (AvgIpc) is 2.49. The summed E-state index contributed by atoms with van der Waals surface area (Å²) in [4.78, 5) is 21.9. The van der Waals surface area contributed by atoms with Gasteiger partial charge >= 0.3 is 0 Å². The van der Waals surface area contributed by atoms with E-state index in [1.54, 1.807) is 14.0 Å². The van der Waals surface area contributed by atoms with Crippen LogP contribution in [0, 0.1) is 12.7 Å². The Bertz CT molecular complexity index is 689. The molecule has 0 fully saturated rings. The SMILES string of the molecule is Cc1ncncc1Oc1ccc(F)cc1C(=O)N(C)C(C)C. The Hall–Kier alpha value is -2.50. The molecule has 0 bridgehead atoms. The van der Waals surface area contributed by atoms with Crippen molar-refractivity contribution in [3.8, 4) is 11.5 Å². The van der Waals surface area contributed by atoms with Crippen molar-refractivity contribution in [1.82, 2.24) is 14.9 Å². The molecule has 22 heavy (non-hydrogen) atoms. The first-order chi connectivity index (χ1) is 10.4. The van der Waals surface area contributed by atoms with Crippen molar-refractivity contribution in [1.29, 1.82) is 0 Å². The van der Waals surface area contributed by atoms with Crippen molar-refractivity contribution >= 4 is 5.91 Å². The molecule has 1 aromatic carbocycles. The van der Waals surface area contributed by atoms with Crippen molar-refractivity contribution in [2.24, 2.45) is 0 Å². The molecule has 0 spiro atoms. The fraction of sp³-hybridized carbons (Fsp3) is 0.312. The zero-order chi connectivity index (χ0) is 16.3. The third-order valence-corrected chi connectivity index (χ3v) is 3.35. The van der Waals surface area contributed by atoms with Crippen LogP contribution in [0.2, 0.25) is 0 Å². The van der Waals surface area contributed by atoms with Crippen LogP contribution in [0.4, 0.5) is 4.39 Å². The predicted octanol–water partition coefficient (Wildman–Crippen LogP) is 3.20. The Labute approximate surface area is 128 Å². The first kappa shape index (κ1) is 15.9. The van der Waals surface area contributed by atoms with Crippen molar-refractivity contribution in [2.75, 3.05) is 7.05 Å². The maximum atomic E-state index is 13.5. The highest BCUT2D eigenvalue weighted by Crippen LogP contribution is 2.28. The summed E-state index contributed by atoms with van der Waals surface area (Å²) in [7, 11) is 1.67. The molecular weight excluding hydrogens is 285 g/mol. The Balaban J connectivity index is 2.40. The van der Waals surface area contributed by atoms with Crippen LogP contribution in [0.15, 0.2) is 30.7 Å². The molecule has 5 nitrogen and oxygen atoms in total. The molecule has 116 valence electrons. The maximum Gasteiger partial charge on any atom is 0.257 e. The summed E-state index contributed by atoms with van der Waals surface area (Å²) >= 11 is 0. The van der Waals surface area contributed by atoms with E-state index in [9.17, 15) is 9.18 Å². The molecule has 6 heteroatoms. The molecule has 0 saturated heterocycles. The van der Waals surface area contributed by atoms with E-state index in [0.717, 1.165) is 0 Å². The first-order valence-electron chi connectivity index (χ1n) is 6.91. The van der Waals surface area contributed by atoms with Crippen LogP contribution in [0.5, 0.6) is 11.5 Å². The summed E-state index contributed by atoms with van der Waals surface area (Å²) in [6.07, 6.45) is 2.91. The van der Waals surface area contributed by atoms with Gasteiger partial charge in [-0.15, -0.1) is 0 Å². The molecule has 0 aliphatic heterocycles. The van der Waals surface area contributed by atoms with Gasteiger partial charge in [-0.05, 0) is 39.0 Å². The number of hydrogen-bond donors (Lipinski definition) is 0. The standard InChI is InChI=1S/C16H18FN3O2/c1-10(2)20(4)16(21)13-7-12(17)5-6-14(13)22-15-8-18-9-19-11(15)3/h5-10H,1-4H3. The van der Waals surface area contributed by atoms with Crippen LogP contribution >= 0.6 is 0 Å². The lowest BCUT2D eigenvalue weighted by molar-refractivity contribution is 0.0751. The zero-order valence-corrected chi connectivity index (χ0v) is 13.0. The van der Waals surface area contributed by atoms with Gasteiger partial charge in [-0.1, -0.05) is 0 Å². The van der Waals surface area contributed by atoms with E-state index in [0.29, 0.717) is 11.4 Å². The molecule has 2 rings (SSSR count). The van der Waals surface area contributed by atoms with E-state index in [4.69, 9.17) is 4.74 Å². The van der Waals surface area contributed by atoms with Gasteiger partial charge in [0.05, 0.1) is 17.5 Å². The third-order valence-electron chi connectivity index (χ3n) is 3.35. The second-order valence-electron chi connectivity index (χ2n) is 5.22. The van der Waals surface area contributed by atoms with Crippen LogP contribution in [-0.4, -0.2) is 33.9 Å². The van der Waals surface area contributed by atoms with E-state index >= 15 is 0 Å². The minimum absolute atomic E-state index is 0.00888. The van der Waals surface area contributed by atoms with Gasteiger partial charge in [-0.3, -0.25) is 4.79 Å². The summed E-state index contributed by atoms with van der Waals surface area (Å²) in [5, 5.41) is 0. The number of hydrogen-bond acceptors (Lipinski definition) is 4. The number of rotatable bonds is 4. The van der Waals surface area contributed by atoms with Gasteiger partial charge in [0.15, 0.2) is 5.75 Å². The van der Waals surface area contributed by atoms with Gasteiger partial charge in [0.2, 0.25) is 0 Å². The number of carbonyl (C=O) groups is 1. The van der Waals surface area contributed by atoms with Gasteiger partial charge < -0.3 is 9.64 Å². The van der Waals surface area contributed by atoms with Gasteiger partial charge in [-0.2, -0.15) is 0 Å². The summed E-state index contributed by atoms with van der Waals surface area (Å²) in [5.41, 5.74) is 0.800. The number of halogens is 1. The maximum absolute atomic E-state index is 13.5.